The zero-order chi connectivity index (χ0) is 22.3. The normalized spacial score (nSPS) is 19.0. The molecule has 1 spiro atoms. The summed E-state index contributed by atoms with van der Waals surface area (Å²) >= 11 is 0. The van der Waals surface area contributed by atoms with E-state index < -0.39 is 34.0 Å². The van der Waals surface area contributed by atoms with Crippen molar-refractivity contribution in [1.82, 2.24) is 14.6 Å². The summed E-state index contributed by atoms with van der Waals surface area (Å²) in [6, 6.07) is 0.827. The van der Waals surface area contributed by atoms with Gasteiger partial charge in [0.15, 0.2) is 0 Å². The average Bonchev–Trinajstić information content (AvgIpc) is 2.50. The summed E-state index contributed by atoms with van der Waals surface area (Å²) in [6.45, 7) is 4.01. The summed E-state index contributed by atoms with van der Waals surface area (Å²) in [5, 5.41) is 10.2. The van der Waals surface area contributed by atoms with Gasteiger partial charge in [0.25, 0.3) is 0 Å². The molecule has 0 amide bonds. The number of hydrogen-bond acceptors (Lipinski definition) is 5. The van der Waals surface area contributed by atoms with E-state index in [4.69, 9.17) is 9.90 Å². The first-order chi connectivity index (χ1) is 13.1. The third-order valence-electron chi connectivity index (χ3n) is 4.50. The zero-order valence-electron chi connectivity index (χ0n) is 14.9. The Balaban J connectivity index is 0.000000370. The van der Waals surface area contributed by atoms with Crippen LogP contribution in [-0.2, 0) is 27.4 Å². The van der Waals surface area contributed by atoms with Gasteiger partial charge >= 0.3 is 18.3 Å². The van der Waals surface area contributed by atoms with Crippen molar-refractivity contribution in [3.8, 4) is 0 Å². The van der Waals surface area contributed by atoms with Crippen molar-refractivity contribution in [3.63, 3.8) is 0 Å². The Morgan fingerprint density at radius 1 is 1.24 bits per heavy atom. The number of rotatable bonds is 3. The number of alkyl halides is 6. The summed E-state index contributed by atoms with van der Waals surface area (Å²) in [6.07, 6.45) is -8.63. The maximum Gasteiger partial charge on any atom is 0.490 e. The van der Waals surface area contributed by atoms with Gasteiger partial charge in [-0.1, -0.05) is 6.92 Å². The highest BCUT2D eigenvalue weighted by Crippen LogP contribution is 2.39. The van der Waals surface area contributed by atoms with Gasteiger partial charge in [0, 0.05) is 37.8 Å². The Labute approximate surface area is 161 Å². The van der Waals surface area contributed by atoms with Crippen LogP contribution in [0.15, 0.2) is 17.2 Å². The Morgan fingerprint density at radius 2 is 1.76 bits per heavy atom. The van der Waals surface area contributed by atoms with Crippen LogP contribution >= 0.6 is 0 Å². The van der Waals surface area contributed by atoms with Crippen LogP contribution in [0.25, 0.3) is 0 Å². The van der Waals surface area contributed by atoms with E-state index in [0.29, 0.717) is 13.1 Å². The van der Waals surface area contributed by atoms with Crippen LogP contribution in [0.5, 0.6) is 0 Å². The first-order valence-electron chi connectivity index (χ1n) is 8.19. The number of aliphatic carboxylic acids is 1. The standard InChI is InChI=1S/C13H16F3N3O2S.C2HF3O2/c1-2-9-3-11(13(14,15)16)18-4-10(9)22(20,21)19-7-12(8-19)5-17-6-12;3-2(4,5)1(6)7/h3-4,17H,2,5-8H2,1H3;(H,6,7). The Hall–Kier alpha value is -1.93. The Kier molecular flexibility index (Phi) is 6.22. The molecule has 29 heavy (non-hydrogen) atoms. The minimum Gasteiger partial charge on any atom is -0.475 e. The van der Waals surface area contributed by atoms with E-state index in [2.05, 4.69) is 10.3 Å². The monoisotopic (exact) mass is 449 g/mol. The smallest absolute Gasteiger partial charge is 0.475 e. The summed E-state index contributed by atoms with van der Waals surface area (Å²) in [5.41, 5.74) is -0.903. The van der Waals surface area contributed by atoms with Crippen molar-refractivity contribution in [2.24, 2.45) is 5.41 Å². The number of hydrogen-bond donors (Lipinski definition) is 2. The molecule has 2 aliphatic rings. The molecule has 0 unspecified atom stereocenters. The molecule has 3 heterocycles. The van der Waals surface area contributed by atoms with Crippen molar-refractivity contribution in [2.45, 2.75) is 30.6 Å². The molecule has 14 heteroatoms. The molecule has 2 aliphatic heterocycles. The fourth-order valence-corrected chi connectivity index (χ4v) is 4.75. The number of carboxylic acids is 1. The van der Waals surface area contributed by atoms with Crippen LogP contribution < -0.4 is 5.32 Å². The lowest BCUT2D eigenvalue weighted by molar-refractivity contribution is -0.192. The highest BCUT2D eigenvalue weighted by atomic mass is 32.2. The molecule has 0 atom stereocenters. The molecule has 0 saturated carbocycles. The molecule has 2 N–H and O–H groups in total. The first kappa shape index (κ1) is 23.3. The minimum atomic E-state index is -5.08. The fourth-order valence-electron chi connectivity index (χ4n) is 2.86. The van der Waals surface area contributed by atoms with Gasteiger partial charge in [0.2, 0.25) is 10.0 Å². The van der Waals surface area contributed by atoms with Gasteiger partial charge in [0.05, 0.1) is 0 Å². The second-order valence-electron chi connectivity index (χ2n) is 6.71. The number of carboxylic acid groups (broad SMARTS) is 1. The fraction of sp³-hybridized carbons (Fsp3) is 0.600. The molecule has 0 bridgehead atoms. The number of aromatic nitrogens is 1. The van der Waals surface area contributed by atoms with Crippen molar-refractivity contribution in [2.75, 3.05) is 26.2 Å². The van der Waals surface area contributed by atoms with Crippen molar-refractivity contribution in [1.29, 1.82) is 0 Å². The minimum absolute atomic E-state index is 0.0127. The SMILES string of the molecule is CCc1cc(C(F)(F)F)ncc1S(=O)(=O)N1CC2(CNC2)C1.O=C(O)C(F)(F)F. The Morgan fingerprint density at radius 3 is 2.10 bits per heavy atom. The molecule has 1 aromatic heterocycles. The maximum atomic E-state index is 12.7. The van der Waals surface area contributed by atoms with E-state index in [0.717, 1.165) is 25.4 Å². The number of pyridine rings is 1. The number of carbonyl (C=O) groups is 1. The number of nitrogens with one attached hydrogen (secondary N) is 1. The van der Waals surface area contributed by atoms with E-state index in [1.807, 2.05) is 0 Å². The van der Waals surface area contributed by atoms with Gasteiger partial charge in [-0.3, -0.25) is 4.98 Å². The summed E-state index contributed by atoms with van der Waals surface area (Å²) in [4.78, 5) is 12.1. The average molecular weight is 449 g/mol. The Bertz CT molecular complexity index is 873. The largest absolute Gasteiger partial charge is 0.490 e. The van der Waals surface area contributed by atoms with Crippen molar-refractivity contribution >= 4 is 16.0 Å². The molecule has 3 rings (SSSR count). The second-order valence-corrected chi connectivity index (χ2v) is 8.61. The number of aryl methyl sites for hydroxylation is 1. The van der Waals surface area contributed by atoms with Crippen LogP contribution in [0.4, 0.5) is 26.3 Å². The van der Waals surface area contributed by atoms with Gasteiger partial charge < -0.3 is 10.4 Å². The number of nitrogens with zero attached hydrogens (tertiary/aromatic N) is 2. The van der Waals surface area contributed by atoms with E-state index in [9.17, 15) is 34.8 Å². The molecular formula is C15H17F6N3O4S. The lowest BCUT2D eigenvalue weighted by atomic mass is 9.76. The number of halogens is 6. The topological polar surface area (TPSA) is 99.6 Å². The van der Waals surface area contributed by atoms with E-state index in [-0.39, 0.29) is 22.3 Å². The number of sulfonamides is 1. The van der Waals surface area contributed by atoms with Crippen molar-refractivity contribution < 1.29 is 44.7 Å². The lowest BCUT2D eigenvalue weighted by Crippen LogP contribution is -2.71. The third kappa shape index (κ3) is 4.98. The maximum absolute atomic E-state index is 12.7. The molecule has 0 aromatic carbocycles. The van der Waals surface area contributed by atoms with Gasteiger partial charge in [-0.15, -0.1) is 0 Å². The zero-order valence-corrected chi connectivity index (χ0v) is 15.7. The predicted octanol–water partition coefficient (Wildman–Crippen LogP) is 1.89. The van der Waals surface area contributed by atoms with Crippen LogP contribution in [0, 0.1) is 5.41 Å². The molecule has 0 radical (unpaired) electrons. The van der Waals surface area contributed by atoms with Gasteiger partial charge in [0.1, 0.15) is 10.6 Å². The predicted molar refractivity (Wildman–Crippen MR) is 86.4 cm³/mol. The van der Waals surface area contributed by atoms with Crippen LogP contribution in [0.1, 0.15) is 18.2 Å². The third-order valence-corrected chi connectivity index (χ3v) is 6.36. The molecule has 2 saturated heterocycles. The van der Waals surface area contributed by atoms with Crippen LogP contribution in [0.3, 0.4) is 0 Å². The molecule has 164 valence electrons. The molecule has 0 aliphatic carbocycles. The summed E-state index contributed by atoms with van der Waals surface area (Å²) < 4.78 is 96.3. The molecule has 7 nitrogen and oxygen atoms in total. The molecule has 1 aromatic rings. The van der Waals surface area contributed by atoms with Gasteiger partial charge in [-0.25, -0.2) is 13.2 Å². The van der Waals surface area contributed by atoms with E-state index in [1.165, 1.54) is 4.31 Å². The molecule has 2 fully saturated rings. The second kappa shape index (κ2) is 7.72. The summed E-state index contributed by atoms with van der Waals surface area (Å²) in [7, 11) is -3.78. The van der Waals surface area contributed by atoms with E-state index >= 15 is 0 Å². The lowest BCUT2D eigenvalue weighted by Gasteiger charge is -2.55. The van der Waals surface area contributed by atoms with Crippen molar-refractivity contribution in [3.05, 3.63) is 23.5 Å². The first-order valence-corrected chi connectivity index (χ1v) is 9.63. The van der Waals surface area contributed by atoms with E-state index in [1.54, 1.807) is 6.92 Å². The highest BCUT2D eigenvalue weighted by Gasteiger charge is 2.52. The van der Waals surface area contributed by atoms with Gasteiger partial charge in [-0.2, -0.15) is 30.6 Å². The van der Waals surface area contributed by atoms with Gasteiger partial charge in [-0.05, 0) is 18.1 Å². The van der Waals surface area contributed by atoms with Crippen LogP contribution in [-0.4, -0.2) is 61.1 Å². The summed E-state index contributed by atoms with van der Waals surface area (Å²) in [5.74, 6) is -2.76. The van der Waals surface area contributed by atoms with Crippen LogP contribution in [0.2, 0.25) is 0 Å². The molecular weight excluding hydrogens is 432 g/mol. The quantitative estimate of drug-likeness (QED) is 0.684. The highest BCUT2D eigenvalue weighted by molar-refractivity contribution is 7.89.